The van der Waals surface area contributed by atoms with Crippen LogP contribution in [0, 0.1) is 0 Å². The first-order valence-electron chi connectivity index (χ1n) is 2.92. The zero-order valence-electron chi connectivity index (χ0n) is 6.10. The number of ether oxygens (including phenoxy) is 1. The highest BCUT2D eigenvalue weighted by Gasteiger charge is 2.26. The Morgan fingerprint density at radius 1 is 1.78 bits per heavy atom. The van der Waals surface area contributed by atoms with E-state index in [0.29, 0.717) is 6.42 Å². The molecule has 3 heteroatoms. The maximum atomic E-state index is 10.7. The van der Waals surface area contributed by atoms with E-state index in [-0.39, 0.29) is 5.97 Å². The third kappa shape index (κ3) is 2.01. The highest BCUT2D eigenvalue weighted by molar-refractivity contribution is 5.79. The van der Waals surface area contributed by atoms with Crippen molar-refractivity contribution in [3.8, 4) is 0 Å². The first-order valence-corrected chi connectivity index (χ1v) is 2.92. The summed E-state index contributed by atoms with van der Waals surface area (Å²) in [5.74, 6) is -0.356. The molecule has 0 aliphatic rings. The van der Waals surface area contributed by atoms with Gasteiger partial charge in [0.05, 0.1) is 7.11 Å². The van der Waals surface area contributed by atoms with E-state index in [2.05, 4.69) is 4.74 Å². The van der Waals surface area contributed by atoms with Crippen molar-refractivity contribution in [1.82, 2.24) is 0 Å². The topological polar surface area (TPSA) is 52.3 Å². The van der Waals surface area contributed by atoms with Crippen LogP contribution in [0.4, 0.5) is 0 Å². The molecule has 0 bridgehead atoms. The van der Waals surface area contributed by atoms with Gasteiger partial charge in [-0.1, -0.05) is 6.92 Å². The molecule has 9 heavy (non-hydrogen) atoms. The van der Waals surface area contributed by atoms with Crippen LogP contribution >= 0.6 is 0 Å². The maximum absolute atomic E-state index is 10.7. The summed E-state index contributed by atoms with van der Waals surface area (Å²) in [7, 11) is 1.34. The van der Waals surface area contributed by atoms with Crippen molar-refractivity contribution in [1.29, 1.82) is 0 Å². The molecule has 0 radical (unpaired) electrons. The fraction of sp³-hybridized carbons (Fsp3) is 0.833. The van der Waals surface area contributed by atoms with E-state index in [1.807, 2.05) is 6.92 Å². The summed E-state index contributed by atoms with van der Waals surface area (Å²) in [6.45, 7) is 3.50. The average Bonchev–Trinajstić information content (AvgIpc) is 1.86. The summed E-state index contributed by atoms with van der Waals surface area (Å²) in [5.41, 5.74) is 4.68. The number of hydrogen-bond donors (Lipinski definition) is 1. The molecular formula is C6H13NO2. The van der Waals surface area contributed by atoms with Crippen molar-refractivity contribution in [3.63, 3.8) is 0 Å². The van der Waals surface area contributed by atoms with E-state index in [9.17, 15) is 4.79 Å². The lowest BCUT2D eigenvalue weighted by Gasteiger charge is -2.18. The zero-order valence-corrected chi connectivity index (χ0v) is 6.10. The Morgan fingerprint density at radius 3 is 2.33 bits per heavy atom. The lowest BCUT2D eigenvalue weighted by atomic mass is 10.0. The third-order valence-corrected chi connectivity index (χ3v) is 1.39. The molecule has 0 fully saturated rings. The summed E-state index contributed by atoms with van der Waals surface area (Å²) in [6.07, 6.45) is 0.597. The predicted molar refractivity (Wildman–Crippen MR) is 34.9 cm³/mol. The van der Waals surface area contributed by atoms with Crippen LogP contribution < -0.4 is 5.73 Å². The number of rotatable bonds is 2. The summed E-state index contributed by atoms with van der Waals surface area (Å²) in [4.78, 5) is 10.7. The van der Waals surface area contributed by atoms with Crippen LogP contribution in [0.15, 0.2) is 0 Å². The number of hydrogen-bond acceptors (Lipinski definition) is 3. The zero-order chi connectivity index (χ0) is 7.49. The van der Waals surface area contributed by atoms with Gasteiger partial charge in [0.1, 0.15) is 5.54 Å². The smallest absolute Gasteiger partial charge is 0.325 e. The van der Waals surface area contributed by atoms with Crippen LogP contribution in [-0.4, -0.2) is 18.6 Å². The highest BCUT2D eigenvalue weighted by Crippen LogP contribution is 2.05. The van der Waals surface area contributed by atoms with E-state index >= 15 is 0 Å². The first-order chi connectivity index (χ1) is 4.04. The Labute approximate surface area is 55.2 Å². The minimum Gasteiger partial charge on any atom is -0.468 e. The Bertz CT molecular complexity index is 110. The minimum atomic E-state index is -0.811. The fourth-order valence-electron chi connectivity index (χ4n) is 0.377. The normalized spacial score (nSPS) is 16.4. The molecule has 0 aliphatic carbocycles. The molecule has 0 spiro atoms. The van der Waals surface area contributed by atoms with E-state index in [1.165, 1.54) is 7.11 Å². The number of carbonyl (C=O) groups is 1. The van der Waals surface area contributed by atoms with Crippen LogP contribution in [-0.2, 0) is 9.53 Å². The Morgan fingerprint density at radius 2 is 2.22 bits per heavy atom. The predicted octanol–water partition coefficient (Wildman–Crippen LogP) is 0.287. The van der Waals surface area contributed by atoms with Gasteiger partial charge in [-0.3, -0.25) is 4.79 Å². The van der Waals surface area contributed by atoms with Gasteiger partial charge in [-0.15, -0.1) is 0 Å². The van der Waals surface area contributed by atoms with Crippen LogP contribution in [0.25, 0.3) is 0 Å². The highest BCUT2D eigenvalue weighted by atomic mass is 16.5. The standard InChI is InChI=1S/C6H13NO2/c1-4-6(2,7)5(8)9-3/h4,7H2,1-3H3/t6-/m1/s1. The Hall–Kier alpha value is -0.570. The molecule has 0 saturated heterocycles. The van der Waals surface area contributed by atoms with E-state index in [1.54, 1.807) is 6.92 Å². The summed E-state index contributed by atoms with van der Waals surface area (Å²) in [5, 5.41) is 0. The number of esters is 1. The van der Waals surface area contributed by atoms with Gasteiger partial charge in [0.25, 0.3) is 0 Å². The third-order valence-electron chi connectivity index (χ3n) is 1.39. The molecular weight excluding hydrogens is 118 g/mol. The van der Waals surface area contributed by atoms with Gasteiger partial charge < -0.3 is 10.5 Å². The molecule has 0 amide bonds. The van der Waals surface area contributed by atoms with Crippen molar-refractivity contribution >= 4 is 5.97 Å². The van der Waals surface area contributed by atoms with Crippen molar-refractivity contribution in [2.75, 3.05) is 7.11 Å². The molecule has 3 nitrogen and oxygen atoms in total. The molecule has 0 unspecified atom stereocenters. The minimum absolute atomic E-state index is 0.356. The SMILES string of the molecule is CC[C@@](C)(N)C(=O)OC. The molecule has 0 heterocycles. The molecule has 0 saturated carbocycles. The molecule has 0 aromatic heterocycles. The van der Waals surface area contributed by atoms with Crippen molar-refractivity contribution < 1.29 is 9.53 Å². The second-order valence-electron chi connectivity index (χ2n) is 2.26. The van der Waals surface area contributed by atoms with Crippen LogP contribution in [0.5, 0.6) is 0 Å². The molecule has 2 N–H and O–H groups in total. The molecule has 1 atom stereocenters. The van der Waals surface area contributed by atoms with Gasteiger partial charge in [0.15, 0.2) is 0 Å². The van der Waals surface area contributed by atoms with E-state index in [4.69, 9.17) is 5.73 Å². The van der Waals surface area contributed by atoms with Gasteiger partial charge in [-0.25, -0.2) is 0 Å². The summed E-state index contributed by atoms with van der Waals surface area (Å²) < 4.78 is 4.44. The monoisotopic (exact) mass is 131 g/mol. The average molecular weight is 131 g/mol. The Balaban J connectivity index is 3.97. The van der Waals surface area contributed by atoms with Gasteiger partial charge >= 0.3 is 5.97 Å². The molecule has 54 valence electrons. The maximum Gasteiger partial charge on any atom is 0.325 e. The largest absolute Gasteiger partial charge is 0.468 e. The van der Waals surface area contributed by atoms with Crippen LogP contribution in [0.3, 0.4) is 0 Å². The van der Waals surface area contributed by atoms with Gasteiger partial charge in [0, 0.05) is 0 Å². The quantitative estimate of drug-likeness (QED) is 0.548. The van der Waals surface area contributed by atoms with Gasteiger partial charge in [0.2, 0.25) is 0 Å². The number of methoxy groups -OCH3 is 1. The van der Waals surface area contributed by atoms with E-state index in [0.717, 1.165) is 0 Å². The van der Waals surface area contributed by atoms with Gasteiger partial charge in [-0.2, -0.15) is 0 Å². The van der Waals surface area contributed by atoms with Crippen molar-refractivity contribution in [2.45, 2.75) is 25.8 Å². The van der Waals surface area contributed by atoms with Gasteiger partial charge in [-0.05, 0) is 13.3 Å². The first kappa shape index (κ1) is 8.43. The second-order valence-corrected chi connectivity index (χ2v) is 2.26. The number of carbonyl (C=O) groups excluding carboxylic acids is 1. The Kier molecular flexibility index (Phi) is 2.65. The molecule has 0 aromatic carbocycles. The molecule has 0 aromatic rings. The molecule has 0 rings (SSSR count). The lowest BCUT2D eigenvalue weighted by molar-refractivity contribution is -0.146. The lowest BCUT2D eigenvalue weighted by Crippen LogP contribution is -2.44. The van der Waals surface area contributed by atoms with E-state index < -0.39 is 5.54 Å². The van der Waals surface area contributed by atoms with Crippen molar-refractivity contribution in [2.24, 2.45) is 5.73 Å². The van der Waals surface area contributed by atoms with Crippen molar-refractivity contribution in [3.05, 3.63) is 0 Å². The van der Waals surface area contributed by atoms with Crippen LogP contribution in [0.2, 0.25) is 0 Å². The summed E-state index contributed by atoms with van der Waals surface area (Å²) in [6, 6.07) is 0. The fourth-order valence-corrected chi connectivity index (χ4v) is 0.377. The summed E-state index contributed by atoms with van der Waals surface area (Å²) >= 11 is 0. The number of nitrogens with two attached hydrogens (primary N) is 1. The second kappa shape index (κ2) is 2.82. The van der Waals surface area contributed by atoms with Crippen LogP contribution in [0.1, 0.15) is 20.3 Å². The molecule has 0 aliphatic heterocycles.